The van der Waals surface area contributed by atoms with Gasteiger partial charge in [0.1, 0.15) is 0 Å². The largest absolute Gasteiger partial charge is 0.103 e. The monoisotopic (exact) mass is 855 g/mol. The average Bonchev–Trinajstić information content (AvgIpc) is 3.30. The van der Waals surface area contributed by atoms with Crippen LogP contribution >= 0.6 is 0 Å². The van der Waals surface area contributed by atoms with Crippen molar-refractivity contribution in [1.29, 1.82) is 0 Å². The molecule has 0 atom stereocenters. The molecule has 8 rings (SSSR count). The molecule has 0 aromatic carbocycles. The topological polar surface area (TPSA) is 0 Å². The van der Waals surface area contributed by atoms with E-state index in [4.69, 9.17) is 0 Å². The zero-order valence-corrected chi connectivity index (χ0v) is 42.8. The zero-order valence-electron chi connectivity index (χ0n) is 42.8. The first-order valence-electron chi connectivity index (χ1n) is 29.0. The lowest BCUT2D eigenvalue weighted by Gasteiger charge is -2.37. The Morgan fingerprint density at radius 3 is 0.484 bits per heavy atom. The second kappa shape index (κ2) is 29.1. The summed E-state index contributed by atoms with van der Waals surface area (Å²) in [5.74, 6) is 16.7. The van der Waals surface area contributed by atoms with Crippen LogP contribution in [0.5, 0.6) is 0 Å². The molecule has 0 aliphatic heterocycles. The maximum Gasteiger partial charge on any atom is -0.0325 e. The van der Waals surface area contributed by atoms with Gasteiger partial charge in [0.15, 0.2) is 0 Å². The smallest absolute Gasteiger partial charge is 0.0325 e. The van der Waals surface area contributed by atoms with E-state index in [0.717, 1.165) is 94.7 Å². The summed E-state index contributed by atoms with van der Waals surface area (Å²) >= 11 is 0. The molecule has 358 valence electrons. The van der Waals surface area contributed by atoms with Gasteiger partial charge in [-0.3, -0.25) is 0 Å². The van der Waals surface area contributed by atoms with Crippen molar-refractivity contribution in [2.45, 2.75) is 259 Å². The molecule has 0 radical (unpaired) electrons. The minimum absolute atomic E-state index is 0.954. The van der Waals surface area contributed by atoms with E-state index in [-0.39, 0.29) is 0 Å². The van der Waals surface area contributed by atoms with Gasteiger partial charge in [-0.25, -0.2) is 0 Å². The highest BCUT2D eigenvalue weighted by Crippen LogP contribution is 2.45. The number of allylic oxidation sites excluding steroid dienone is 3. The molecule has 0 heterocycles. The molecule has 0 N–H and O–H groups in total. The lowest BCUT2D eigenvalue weighted by Crippen LogP contribution is -2.25. The molecule has 0 aromatic heterocycles. The van der Waals surface area contributed by atoms with Crippen LogP contribution in [0.1, 0.15) is 259 Å². The van der Waals surface area contributed by atoms with Crippen molar-refractivity contribution in [3.8, 4) is 0 Å². The maximum absolute atomic E-state index is 3.88. The molecule has 0 amide bonds. The van der Waals surface area contributed by atoms with Crippen molar-refractivity contribution in [2.24, 2.45) is 94.7 Å². The SMILES string of the molecule is C=CCC1CCC(C2CCC(C)CC2)CC1.C=CCC1CCC(C2CCC(CC=C)CC2)CC1.CC1CCC(C2CCC(C)CC2)CC1.CC1CCC(C2CCC(C)CC2)CC1. The summed E-state index contributed by atoms with van der Waals surface area (Å²) in [6.07, 6.45) is 58.4. The summed E-state index contributed by atoms with van der Waals surface area (Å²) in [6, 6.07) is 0. The van der Waals surface area contributed by atoms with Gasteiger partial charge >= 0.3 is 0 Å². The third-order valence-corrected chi connectivity index (χ3v) is 20.1. The van der Waals surface area contributed by atoms with Crippen molar-refractivity contribution in [1.82, 2.24) is 0 Å². The second-order valence-electron chi connectivity index (χ2n) is 25.0. The Kier molecular flexibility index (Phi) is 24.5. The van der Waals surface area contributed by atoms with Gasteiger partial charge in [-0.15, -0.1) is 19.7 Å². The fourth-order valence-electron chi connectivity index (χ4n) is 15.2. The highest BCUT2D eigenvalue weighted by atomic mass is 14.4. The first-order valence-corrected chi connectivity index (χ1v) is 29.0. The Morgan fingerprint density at radius 2 is 0.355 bits per heavy atom. The minimum atomic E-state index is 0.954. The van der Waals surface area contributed by atoms with Crippen molar-refractivity contribution >= 4 is 0 Å². The van der Waals surface area contributed by atoms with Gasteiger partial charge in [-0.05, 0) is 255 Å². The van der Waals surface area contributed by atoms with Gasteiger partial charge in [0.05, 0.1) is 0 Å². The summed E-state index contributed by atoms with van der Waals surface area (Å²) in [6.45, 7) is 23.8. The average molecular weight is 856 g/mol. The Labute approximate surface area is 390 Å². The fraction of sp³-hybridized carbons (Fsp3) is 0.903. The summed E-state index contributed by atoms with van der Waals surface area (Å²) in [4.78, 5) is 0. The van der Waals surface area contributed by atoms with Crippen molar-refractivity contribution in [3.05, 3.63) is 38.0 Å². The Bertz CT molecular complexity index is 1020. The van der Waals surface area contributed by atoms with Gasteiger partial charge in [-0.1, -0.05) is 117 Å². The Morgan fingerprint density at radius 1 is 0.226 bits per heavy atom. The normalized spacial score (nSPS) is 41.6. The minimum Gasteiger partial charge on any atom is -0.103 e. The first kappa shape index (κ1) is 52.2. The van der Waals surface area contributed by atoms with Crippen LogP contribution in [0, 0.1) is 94.7 Å². The molecule has 0 unspecified atom stereocenters. The van der Waals surface area contributed by atoms with Crippen LogP contribution in [0.15, 0.2) is 38.0 Å². The van der Waals surface area contributed by atoms with E-state index < -0.39 is 0 Å². The van der Waals surface area contributed by atoms with Gasteiger partial charge < -0.3 is 0 Å². The summed E-state index contributed by atoms with van der Waals surface area (Å²) in [5, 5.41) is 0. The fourth-order valence-corrected chi connectivity index (χ4v) is 15.2. The van der Waals surface area contributed by atoms with Gasteiger partial charge in [-0.2, -0.15) is 0 Å². The van der Waals surface area contributed by atoms with E-state index in [0.29, 0.717) is 0 Å². The van der Waals surface area contributed by atoms with Crippen molar-refractivity contribution < 1.29 is 0 Å². The van der Waals surface area contributed by atoms with Gasteiger partial charge in [0.2, 0.25) is 0 Å². The predicted octanol–water partition coefficient (Wildman–Crippen LogP) is 20.2. The van der Waals surface area contributed by atoms with Gasteiger partial charge in [0.25, 0.3) is 0 Å². The third kappa shape index (κ3) is 18.5. The molecule has 8 saturated carbocycles. The van der Waals surface area contributed by atoms with Crippen LogP contribution in [0.4, 0.5) is 0 Å². The lowest BCUT2D eigenvalue weighted by molar-refractivity contribution is 0.147. The summed E-state index contributed by atoms with van der Waals surface area (Å²) in [7, 11) is 0. The molecule has 0 heteroatoms. The third-order valence-electron chi connectivity index (χ3n) is 20.1. The van der Waals surface area contributed by atoms with E-state index >= 15 is 0 Å². The molecule has 8 aliphatic carbocycles. The molecule has 0 saturated heterocycles. The predicted molar refractivity (Wildman–Crippen MR) is 276 cm³/mol. The molecule has 8 fully saturated rings. The van der Waals surface area contributed by atoms with E-state index in [9.17, 15) is 0 Å². The maximum atomic E-state index is 3.88. The quantitative estimate of drug-likeness (QED) is 0.192. The zero-order chi connectivity index (χ0) is 44.1. The Balaban J connectivity index is 0.000000157. The molecular formula is C62H110. The number of hydrogen-bond acceptors (Lipinski definition) is 0. The first-order chi connectivity index (χ1) is 30.1. The number of hydrogen-bond donors (Lipinski definition) is 0. The molecule has 0 aromatic rings. The van der Waals surface area contributed by atoms with Crippen LogP contribution in [0.3, 0.4) is 0 Å². The van der Waals surface area contributed by atoms with E-state index in [1.54, 1.807) is 51.4 Å². The molecular weight excluding hydrogens is 745 g/mol. The van der Waals surface area contributed by atoms with Crippen molar-refractivity contribution in [3.63, 3.8) is 0 Å². The summed E-state index contributed by atoms with van der Waals surface area (Å²) in [5.41, 5.74) is 0. The highest BCUT2D eigenvalue weighted by Gasteiger charge is 2.33. The van der Waals surface area contributed by atoms with E-state index in [1.807, 2.05) is 0 Å². The summed E-state index contributed by atoms with van der Waals surface area (Å²) < 4.78 is 0. The van der Waals surface area contributed by atoms with Crippen molar-refractivity contribution in [2.75, 3.05) is 0 Å². The molecule has 0 nitrogen and oxygen atoms in total. The van der Waals surface area contributed by atoms with Crippen LogP contribution in [0.25, 0.3) is 0 Å². The second-order valence-corrected chi connectivity index (χ2v) is 25.0. The Hall–Kier alpha value is -0.780. The van der Waals surface area contributed by atoms with Crippen LogP contribution in [-0.2, 0) is 0 Å². The molecule has 62 heavy (non-hydrogen) atoms. The molecule has 0 bridgehead atoms. The molecule has 0 spiro atoms. The number of rotatable bonds is 10. The molecule has 8 aliphatic rings. The highest BCUT2D eigenvalue weighted by molar-refractivity contribution is 4.87. The lowest BCUT2D eigenvalue weighted by atomic mass is 9.68. The van der Waals surface area contributed by atoms with E-state index in [1.165, 1.54) is 173 Å². The van der Waals surface area contributed by atoms with Crippen LogP contribution in [0.2, 0.25) is 0 Å². The standard InChI is InChI=1S/C18H30.C16H28.2C14H26/c1-3-5-15-7-11-17(12-8-15)18-13-9-16(6-4-2)10-14-18;1-3-4-14-7-11-16(12-8-14)15-9-5-13(2)6-10-15;2*1-11-3-7-13(8-4-11)14-9-5-12(2)6-10-14/h3-4,15-18H,1-2,5-14H2;3,13-16H,1,4-12H2,2H3;2*11-14H,3-10H2,1-2H3. The van der Waals surface area contributed by atoms with Crippen LogP contribution in [-0.4, -0.2) is 0 Å². The van der Waals surface area contributed by atoms with Crippen LogP contribution < -0.4 is 0 Å². The van der Waals surface area contributed by atoms with Gasteiger partial charge in [0, 0.05) is 0 Å². The van der Waals surface area contributed by atoms with E-state index in [2.05, 4.69) is 72.6 Å².